The molecule has 0 amide bonds. The molecular formula is C13H16N4O. The van der Waals surface area contributed by atoms with Crippen LogP contribution in [0.3, 0.4) is 0 Å². The van der Waals surface area contributed by atoms with E-state index in [1.165, 1.54) is 0 Å². The molecule has 0 unspecified atom stereocenters. The summed E-state index contributed by atoms with van der Waals surface area (Å²) in [6.07, 6.45) is 3.87. The zero-order valence-corrected chi connectivity index (χ0v) is 10.3. The van der Waals surface area contributed by atoms with Gasteiger partial charge >= 0.3 is 0 Å². The van der Waals surface area contributed by atoms with Crippen molar-refractivity contribution in [1.82, 2.24) is 9.55 Å². The molecule has 0 radical (unpaired) electrons. The molecule has 2 heterocycles. The van der Waals surface area contributed by atoms with Crippen LogP contribution in [-0.4, -0.2) is 23.2 Å². The number of aromatic nitrogens is 2. The fraction of sp³-hybridized carbons (Fsp3) is 0.308. The van der Waals surface area contributed by atoms with E-state index >= 15 is 0 Å². The van der Waals surface area contributed by atoms with Crippen molar-refractivity contribution in [1.29, 1.82) is 0 Å². The van der Waals surface area contributed by atoms with Gasteiger partial charge in [-0.2, -0.15) is 0 Å². The van der Waals surface area contributed by atoms with Crippen LogP contribution < -0.4 is 15.4 Å². The monoisotopic (exact) mass is 244 g/mol. The topological polar surface area (TPSA) is 56.3 Å². The van der Waals surface area contributed by atoms with Crippen LogP contribution in [-0.2, 0) is 13.1 Å². The second-order valence-corrected chi connectivity index (χ2v) is 4.42. The smallest absolute Gasteiger partial charge is 0.128 e. The number of nitrogens with zero attached hydrogens (tertiary/aromatic N) is 3. The van der Waals surface area contributed by atoms with E-state index in [0.29, 0.717) is 0 Å². The van der Waals surface area contributed by atoms with E-state index in [1.807, 2.05) is 30.6 Å². The predicted octanol–water partition coefficient (Wildman–Crippen LogP) is 1.49. The van der Waals surface area contributed by atoms with Crippen molar-refractivity contribution in [3.63, 3.8) is 0 Å². The minimum atomic E-state index is 0.721. The summed E-state index contributed by atoms with van der Waals surface area (Å²) < 4.78 is 7.43. The molecule has 1 aromatic heterocycles. The van der Waals surface area contributed by atoms with Gasteiger partial charge in [0.05, 0.1) is 13.7 Å². The number of rotatable bonds is 2. The Bertz CT molecular complexity index is 564. The van der Waals surface area contributed by atoms with E-state index in [0.717, 1.165) is 42.6 Å². The molecule has 5 nitrogen and oxygen atoms in total. The first-order chi connectivity index (χ1) is 8.76. The Morgan fingerprint density at radius 2 is 2.17 bits per heavy atom. The summed E-state index contributed by atoms with van der Waals surface area (Å²) in [5.41, 5.74) is 7.69. The Kier molecular flexibility index (Phi) is 2.59. The first-order valence-corrected chi connectivity index (χ1v) is 5.96. The third-order valence-electron chi connectivity index (χ3n) is 3.26. The van der Waals surface area contributed by atoms with Gasteiger partial charge in [-0.25, -0.2) is 4.98 Å². The molecular weight excluding hydrogens is 228 g/mol. The molecule has 0 spiro atoms. The summed E-state index contributed by atoms with van der Waals surface area (Å²) in [7, 11) is 1.65. The van der Waals surface area contributed by atoms with E-state index in [2.05, 4.69) is 14.5 Å². The van der Waals surface area contributed by atoms with Crippen LogP contribution in [0.5, 0.6) is 5.75 Å². The minimum Gasteiger partial charge on any atom is -0.497 e. The van der Waals surface area contributed by atoms with Crippen molar-refractivity contribution in [3.05, 3.63) is 36.4 Å². The molecule has 0 saturated heterocycles. The summed E-state index contributed by atoms with van der Waals surface area (Å²) in [5, 5.41) is 0. The average molecular weight is 244 g/mol. The molecule has 0 saturated carbocycles. The van der Waals surface area contributed by atoms with Gasteiger partial charge in [0, 0.05) is 49.0 Å². The number of benzene rings is 1. The normalized spacial score (nSPS) is 14.4. The molecule has 0 aliphatic carbocycles. The number of nitrogen functional groups attached to an aromatic ring is 1. The van der Waals surface area contributed by atoms with Gasteiger partial charge in [0.15, 0.2) is 0 Å². The summed E-state index contributed by atoms with van der Waals surface area (Å²) in [6, 6.07) is 5.81. The highest BCUT2D eigenvalue weighted by Crippen LogP contribution is 2.27. The fourth-order valence-corrected chi connectivity index (χ4v) is 2.30. The van der Waals surface area contributed by atoms with E-state index in [9.17, 15) is 0 Å². The van der Waals surface area contributed by atoms with Crippen molar-refractivity contribution in [2.75, 3.05) is 24.3 Å². The molecule has 0 fully saturated rings. The van der Waals surface area contributed by atoms with E-state index in [1.54, 1.807) is 7.11 Å². The van der Waals surface area contributed by atoms with Gasteiger partial charge < -0.3 is 19.9 Å². The summed E-state index contributed by atoms with van der Waals surface area (Å²) >= 11 is 0. The zero-order valence-electron chi connectivity index (χ0n) is 10.3. The molecule has 1 aliphatic heterocycles. The Hall–Kier alpha value is -2.17. The Morgan fingerprint density at radius 1 is 1.28 bits per heavy atom. The first-order valence-electron chi connectivity index (χ1n) is 5.96. The van der Waals surface area contributed by atoms with Crippen molar-refractivity contribution < 1.29 is 4.74 Å². The number of hydrogen-bond donors (Lipinski definition) is 1. The van der Waals surface area contributed by atoms with E-state index < -0.39 is 0 Å². The molecule has 3 rings (SSSR count). The SMILES string of the molecule is COc1cc(N)cc(N2CCn3ccnc3C2)c1. The van der Waals surface area contributed by atoms with Crippen LogP contribution in [0.25, 0.3) is 0 Å². The van der Waals surface area contributed by atoms with Crippen LogP contribution >= 0.6 is 0 Å². The third-order valence-corrected chi connectivity index (χ3v) is 3.26. The standard InChI is InChI=1S/C13H16N4O/c1-18-12-7-10(14)6-11(8-12)17-5-4-16-3-2-15-13(16)9-17/h2-3,6-8H,4-5,9,14H2,1H3. The summed E-state index contributed by atoms with van der Waals surface area (Å²) in [4.78, 5) is 6.62. The molecule has 5 heteroatoms. The second-order valence-electron chi connectivity index (χ2n) is 4.42. The van der Waals surface area contributed by atoms with Crippen LogP contribution in [0.15, 0.2) is 30.6 Å². The van der Waals surface area contributed by atoms with Crippen LogP contribution in [0, 0.1) is 0 Å². The molecule has 2 N–H and O–H groups in total. The Labute approximate surface area is 106 Å². The van der Waals surface area contributed by atoms with Gasteiger partial charge in [-0.3, -0.25) is 0 Å². The predicted molar refractivity (Wildman–Crippen MR) is 70.7 cm³/mol. The maximum atomic E-state index is 5.89. The number of fused-ring (bicyclic) bond motifs is 1. The number of methoxy groups -OCH3 is 1. The molecule has 18 heavy (non-hydrogen) atoms. The van der Waals surface area contributed by atoms with Gasteiger partial charge in [-0.05, 0) is 6.07 Å². The summed E-state index contributed by atoms with van der Waals surface area (Å²) in [5.74, 6) is 1.88. The minimum absolute atomic E-state index is 0.721. The van der Waals surface area contributed by atoms with Gasteiger partial charge in [0.2, 0.25) is 0 Å². The quantitative estimate of drug-likeness (QED) is 0.813. The van der Waals surface area contributed by atoms with E-state index in [4.69, 9.17) is 10.5 Å². The third kappa shape index (κ3) is 1.88. The highest BCUT2D eigenvalue weighted by atomic mass is 16.5. The van der Waals surface area contributed by atoms with Gasteiger partial charge in [-0.1, -0.05) is 0 Å². The van der Waals surface area contributed by atoms with Crippen LogP contribution in [0.4, 0.5) is 11.4 Å². The largest absolute Gasteiger partial charge is 0.497 e. The van der Waals surface area contributed by atoms with Crippen LogP contribution in [0.1, 0.15) is 5.82 Å². The lowest BCUT2D eigenvalue weighted by atomic mass is 10.2. The molecule has 2 aromatic rings. The maximum absolute atomic E-state index is 5.89. The molecule has 1 aliphatic rings. The Balaban J connectivity index is 1.90. The first kappa shape index (κ1) is 11.0. The van der Waals surface area contributed by atoms with Crippen molar-refractivity contribution in [2.24, 2.45) is 0 Å². The van der Waals surface area contributed by atoms with Gasteiger partial charge in [-0.15, -0.1) is 0 Å². The van der Waals surface area contributed by atoms with Gasteiger partial charge in [0.25, 0.3) is 0 Å². The van der Waals surface area contributed by atoms with E-state index in [-0.39, 0.29) is 0 Å². The Morgan fingerprint density at radius 3 is 3.00 bits per heavy atom. The van der Waals surface area contributed by atoms with Gasteiger partial charge in [0.1, 0.15) is 11.6 Å². The number of anilines is 2. The lowest BCUT2D eigenvalue weighted by molar-refractivity contribution is 0.415. The molecule has 0 bridgehead atoms. The lowest BCUT2D eigenvalue weighted by Gasteiger charge is -2.30. The number of imidazole rings is 1. The molecule has 0 atom stereocenters. The molecule has 1 aromatic carbocycles. The van der Waals surface area contributed by atoms with Crippen molar-refractivity contribution in [3.8, 4) is 5.75 Å². The van der Waals surface area contributed by atoms with Crippen molar-refractivity contribution >= 4 is 11.4 Å². The lowest BCUT2D eigenvalue weighted by Crippen LogP contribution is -2.33. The number of ether oxygens (including phenoxy) is 1. The highest BCUT2D eigenvalue weighted by Gasteiger charge is 2.17. The second kappa shape index (κ2) is 4.25. The molecule has 94 valence electrons. The number of nitrogens with two attached hydrogens (primary N) is 1. The average Bonchev–Trinajstić information content (AvgIpc) is 2.85. The zero-order chi connectivity index (χ0) is 12.5. The number of hydrogen-bond acceptors (Lipinski definition) is 4. The maximum Gasteiger partial charge on any atom is 0.128 e. The fourth-order valence-electron chi connectivity index (χ4n) is 2.30. The highest BCUT2D eigenvalue weighted by molar-refractivity contribution is 5.60. The van der Waals surface area contributed by atoms with Crippen LogP contribution in [0.2, 0.25) is 0 Å². The summed E-state index contributed by atoms with van der Waals surface area (Å²) in [6.45, 7) is 2.71. The van der Waals surface area contributed by atoms with Crippen molar-refractivity contribution in [2.45, 2.75) is 13.1 Å².